The number of carbonyl (C=O) groups excluding carboxylic acids is 1. The molecule has 2 atom stereocenters. The number of fused-ring (bicyclic) bond motifs is 1. The van der Waals surface area contributed by atoms with Gasteiger partial charge in [-0.15, -0.1) is 0 Å². The largest absolute Gasteiger partial charge is 0.436 e. The molecule has 2 saturated heterocycles. The SMILES string of the molecule is CC(=O)Nc1nc2c(Oc3cc(N4CCN([C@H](C)c5ccc(F)cc5)CC4)nc(NC[C@H]4CCCO4)n3)cccc2s1. The first-order chi connectivity index (χ1) is 20.4. The van der Waals surface area contributed by atoms with Gasteiger partial charge in [-0.25, -0.2) is 9.37 Å². The monoisotopic (exact) mass is 591 g/mol. The summed E-state index contributed by atoms with van der Waals surface area (Å²) in [6, 6.07) is 14.5. The smallest absolute Gasteiger partial charge is 0.228 e. The van der Waals surface area contributed by atoms with Crippen molar-refractivity contribution in [3.05, 3.63) is 59.9 Å². The Hall–Kier alpha value is -3.87. The van der Waals surface area contributed by atoms with Crippen LogP contribution in [0.3, 0.4) is 0 Å². The Morgan fingerprint density at radius 3 is 2.69 bits per heavy atom. The Balaban J connectivity index is 1.22. The first-order valence-corrected chi connectivity index (χ1v) is 15.1. The fourth-order valence-electron chi connectivity index (χ4n) is 5.33. The molecule has 0 bridgehead atoms. The number of rotatable bonds is 9. The van der Waals surface area contributed by atoms with Gasteiger partial charge in [0.25, 0.3) is 0 Å². The van der Waals surface area contributed by atoms with Crippen LogP contribution in [0.25, 0.3) is 10.2 Å². The molecule has 0 aliphatic carbocycles. The standard InChI is InChI=1S/C30H34FN7O3S/c1-19(21-8-10-22(31)11-9-21)37-12-14-38(15-13-37)26-17-27(35-29(34-26)32-18-23-5-4-16-40-23)41-24-6-3-7-25-28(24)36-30(42-25)33-20(2)39/h3,6-11,17,19,23H,4-5,12-16,18H2,1-2H3,(H,32,34,35)(H,33,36,39)/t19-,23-/m1/s1. The summed E-state index contributed by atoms with van der Waals surface area (Å²) in [6.45, 7) is 8.23. The number of halogens is 1. The molecule has 0 radical (unpaired) electrons. The van der Waals surface area contributed by atoms with Crippen LogP contribution in [0, 0.1) is 5.82 Å². The molecule has 0 unspecified atom stereocenters. The van der Waals surface area contributed by atoms with Crippen molar-refractivity contribution in [3.63, 3.8) is 0 Å². The zero-order valence-corrected chi connectivity index (χ0v) is 24.5. The highest BCUT2D eigenvalue weighted by Gasteiger charge is 2.25. The third-order valence-electron chi connectivity index (χ3n) is 7.62. The van der Waals surface area contributed by atoms with Crippen molar-refractivity contribution in [1.29, 1.82) is 0 Å². The molecular weight excluding hydrogens is 557 g/mol. The summed E-state index contributed by atoms with van der Waals surface area (Å²) in [5.41, 5.74) is 1.75. The zero-order chi connectivity index (χ0) is 29.1. The second-order valence-corrected chi connectivity index (χ2v) is 11.6. The predicted molar refractivity (Wildman–Crippen MR) is 162 cm³/mol. The minimum absolute atomic E-state index is 0.133. The summed E-state index contributed by atoms with van der Waals surface area (Å²) in [5, 5.41) is 6.62. The van der Waals surface area contributed by atoms with Gasteiger partial charge < -0.3 is 25.0 Å². The van der Waals surface area contributed by atoms with Gasteiger partial charge in [0.1, 0.15) is 17.2 Å². The topological polar surface area (TPSA) is 105 Å². The molecule has 10 nitrogen and oxygen atoms in total. The van der Waals surface area contributed by atoms with Crippen molar-refractivity contribution in [2.24, 2.45) is 0 Å². The van der Waals surface area contributed by atoms with Crippen LogP contribution in [-0.2, 0) is 9.53 Å². The Labute approximate surface area is 247 Å². The number of ether oxygens (including phenoxy) is 2. The Kier molecular flexibility index (Phi) is 8.45. The molecule has 2 fully saturated rings. The first kappa shape index (κ1) is 28.3. The van der Waals surface area contributed by atoms with E-state index in [-0.39, 0.29) is 23.9 Å². The quantitative estimate of drug-likeness (QED) is 0.263. The normalized spacial score (nSPS) is 18.3. The minimum atomic E-state index is -0.222. The third kappa shape index (κ3) is 6.61. The van der Waals surface area contributed by atoms with Crippen LogP contribution < -0.4 is 20.3 Å². The van der Waals surface area contributed by atoms with Gasteiger partial charge in [0.05, 0.1) is 10.8 Å². The maximum absolute atomic E-state index is 13.4. The van der Waals surface area contributed by atoms with Gasteiger partial charge in [-0.3, -0.25) is 9.69 Å². The molecule has 4 aromatic rings. The summed E-state index contributed by atoms with van der Waals surface area (Å²) < 4.78 is 26.4. The van der Waals surface area contributed by atoms with Gasteiger partial charge in [0.2, 0.25) is 17.7 Å². The van der Waals surface area contributed by atoms with Gasteiger partial charge in [0.15, 0.2) is 10.9 Å². The van der Waals surface area contributed by atoms with Crippen molar-refractivity contribution in [1.82, 2.24) is 19.9 Å². The summed E-state index contributed by atoms with van der Waals surface area (Å²) >= 11 is 1.39. The highest BCUT2D eigenvalue weighted by molar-refractivity contribution is 7.22. The van der Waals surface area contributed by atoms with Crippen LogP contribution in [0.15, 0.2) is 48.5 Å². The lowest BCUT2D eigenvalue weighted by Crippen LogP contribution is -2.47. The van der Waals surface area contributed by atoms with Gasteiger partial charge >= 0.3 is 0 Å². The van der Waals surface area contributed by atoms with E-state index in [9.17, 15) is 9.18 Å². The number of thiazole rings is 1. The molecule has 4 heterocycles. The van der Waals surface area contributed by atoms with Crippen molar-refractivity contribution >= 4 is 44.4 Å². The summed E-state index contributed by atoms with van der Waals surface area (Å²) in [4.78, 5) is 30.3. The molecule has 0 spiro atoms. The number of anilines is 3. The van der Waals surface area contributed by atoms with Crippen LogP contribution in [0.5, 0.6) is 11.6 Å². The molecule has 6 rings (SSSR count). The number of benzene rings is 2. The number of hydrogen-bond acceptors (Lipinski definition) is 10. The third-order valence-corrected chi connectivity index (χ3v) is 8.55. The average Bonchev–Trinajstić information content (AvgIpc) is 3.66. The van der Waals surface area contributed by atoms with E-state index < -0.39 is 0 Å². The van der Waals surface area contributed by atoms with Crippen molar-refractivity contribution in [2.45, 2.75) is 38.8 Å². The van der Waals surface area contributed by atoms with Gasteiger partial charge in [-0.1, -0.05) is 29.5 Å². The van der Waals surface area contributed by atoms with Crippen LogP contribution in [0.2, 0.25) is 0 Å². The van der Waals surface area contributed by atoms with Crippen LogP contribution in [0.4, 0.5) is 21.3 Å². The average molecular weight is 592 g/mol. The molecule has 0 saturated carbocycles. The minimum Gasteiger partial charge on any atom is -0.436 e. The lowest BCUT2D eigenvalue weighted by Gasteiger charge is -2.38. The number of nitrogens with zero attached hydrogens (tertiary/aromatic N) is 5. The number of carbonyl (C=O) groups is 1. The zero-order valence-electron chi connectivity index (χ0n) is 23.7. The molecule has 2 aliphatic heterocycles. The number of piperazine rings is 1. The fraction of sp³-hybridized carbons (Fsp3) is 0.400. The van der Waals surface area contributed by atoms with E-state index in [2.05, 4.69) is 37.3 Å². The van der Waals surface area contributed by atoms with Crippen LogP contribution in [-0.4, -0.2) is 71.2 Å². The molecule has 2 aromatic heterocycles. The van der Waals surface area contributed by atoms with Gasteiger partial charge in [0, 0.05) is 58.4 Å². The van der Waals surface area contributed by atoms with E-state index in [4.69, 9.17) is 14.5 Å². The molecule has 2 aliphatic rings. The van der Waals surface area contributed by atoms with Crippen molar-refractivity contribution in [3.8, 4) is 11.6 Å². The molecule has 2 N–H and O–H groups in total. The van der Waals surface area contributed by atoms with Crippen LogP contribution in [0.1, 0.15) is 38.3 Å². The number of amides is 1. The summed E-state index contributed by atoms with van der Waals surface area (Å²) in [6.07, 6.45) is 2.20. The molecular formula is C30H34FN7O3S. The highest BCUT2D eigenvalue weighted by Crippen LogP contribution is 2.35. The van der Waals surface area contributed by atoms with E-state index in [0.717, 1.165) is 61.7 Å². The molecule has 1 amide bonds. The van der Waals surface area contributed by atoms with Crippen molar-refractivity contribution < 1.29 is 18.7 Å². The summed E-state index contributed by atoms with van der Waals surface area (Å²) in [7, 11) is 0. The van der Waals surface area contributed by atoms with Gasteiger partial charge in [-0.05, 0) is 49.6 Å². The number of aromatic nitrogens is 3. The number of para-hydroxylation sites is 1. The Morgan fingerprint density at radius 1 is 1.14 bits per heavy atom. The maximum atomic E-state index is 13.4. The molecule has 220 valence electrons. The number of hydrogen-bond donors (Lipinski definition) is 2. The van der Waals surface area contributed by atoms with Gasteiger partial charge in [-0.2, -0.15) is 9.97 Å². The van der Waals surface area contributed by atoms with E-state index in [1.54, 1.807) is 0 Å². The van der Waals surface area contributed by atoms with E-state index >= 15 is 0 Å². The Bertz CT molecular complexity index is 1540. The second kappa shape index (κ2) is 12.6. The van der Waals surface area contributed by atoms with E-state index in [0.29, 0.717) is 34.8 Å². The first-order valence-electron chi connectivity index (χ1n) is 14.3. The number of nitrogens with one attached hydrogen (secondary N) is 2. The molecule has 2 aromatic carbocycles. The van der Waals surface area contributed by atoms with E-state index in [1.165, 1.54) is 30.4 Å². The van der Waals surface area contributed by atoms with Crippen molar-refractivity contribution in [2.75, 3.05) is 54.9 Å². The maximum Gasteiger partial charge on any atom is 0.228 e. The van der Waals surface area contributed by atoms with E-state index in [1.807, 2.05) is 36.4 Å². The van der Waals surface area contributed by atoms with Crippen LogP contribution >= 0.6 is 11.3 Å². The Morgan fingerprint density at radius 2 is 1.95 bits per heavy atom. The lowest BCUT2D eigenvalue weighted by atomic mass is 10.1. The summed E-state index contributed by atoms with van der Waals surface area (Å²) in [5.74, 6) is 1.80. The second-order valence-electron chi connectivity index (χ2n) is 10.6. The lowest BCUT2D eigenvalue weighted by molar-refractivity contribution is -0.114. The fourth-order valence-corrected chi connectivity index (χ4v) is 6.26. The highest BCUT2D eigenvalue weighted by atomic mass is 32.1. The predicted octanol–water partition coefficient (Wildman–Crippen LogP) is 5.45. The molecule has 42 heavy (non-hydrogen) atoms. The molecule has 12 heteroatoms.